The fourth-order valence-electron chi connectivity index (χ4n) is 1.33. The zero-order valence-corrected chi connectivity index (χ0v) is 11.7. The Morgan fingerprint density at radius 3 is 2.65 bits per heavy atom. The molecule has 0 aliphatic carbocycles. The summed E-state index contributed by atoms with van der Waals surface area (Å²) in [6.45, 7) is 8.03. The van der Waals surface area contributed by atoms with E-state index in [0.717, 1.165) is 5.56 Å². The Balaban J connectivity index is 2.45. The highest BCUT2D eigenvalue weighted by Crippen LogP contribution is 2.20. The molecule has 0 fully saturated rings. The van der Waals surface area contributed by atoms with Gasteiger partial charge in [-0.3, -0.25) is 4.79 Å². The summed E-state index contributed by atoms with van der Waals surface area (Å²) in [6, 6.07) is 1.95. The van der Waals surface area contributed by atoms with Crippen LogP contribution in [0.4, 0.5) is 0 Å². The molecule has 0 saturated carbocycles. The average Bonchev–Trinajstić information content (AvgIpc) is 2.76. The summed E-state index contributed by atoms with van der Waals surface area (Å²) < 4.78 is 0. The molecule has 3 nitrogen and oxygen atoms in total. The highest BCUT2D eigenvalue weighted by Gasteiger charge is 2.23. The largest absolute Gasteiger partial charge is 0.391 e. The van der Waals surface area contributed by atoms with Crippen LogP contribution in [0, 0.1) is 5.41 Å². The van der Waals surface area contributed by atoms with Crippen molar-refractivity contribution in [2.75, 3.05) is 6.54 Å². The van der Waals surface area contributed by atoms with Gasteiger partial charge in [-0.05, 0) is 34.7 Å². The second kappa shape index (κ2) is 5.65. The van der Waals surface area contributed by atoms with Crippen molar-refractivity contribution in [2.24, 2.45) is 5.41 Å². The Hall–Kier alpha value is -0.870. The van der Waals surface area contributed by atoms with Gasteiger partial charge in [0.25, 0.3) is 0 Å². The Kier molecular flexibility index (Phi) is 4.71. The van der Waals surface area contributed by atoms with Crippen LogP contribution >= 0.6 is 11.3 Å². The minimum Gasteiger partial charge on any atom is -0.391 e. The third-order valence-corrected chi connectivity index (χ3v) is 3.61. The number of amides is 1. The molecule has 96 valence electrons. The van der Waals surface area contributed by atoms with Crippen LogP contribution in [0.15, 0.2) is 16.8 Å². The molecule has 1 amide bonds. The highest BCUT2D eigenvalue weighted by atomic mass is 32.1. The van der Waals surface area contributed by atoms with E-state index in [0.29, 0.717) is 6.54 Å². The van der Waals surface area contributed by atoms with Gasteiger partial charge in [-0.1, -0.05) is 20.8 Å². The van der Waals surface area contributed by atoms with E-state index in [1.54, 1.807) is 11.3 Å². The lowest BCUT2D eigenvalue weighted by atomic mass is 9.89. The van der Waals surface area contributed by atoms with Crippen LogP contribution in [0.3, 0.4) is 0 Å². The first-order chi connectivity index (χ1) is 7.82. The SMILES string of the molecule is CC(C(=O)NCC(O)C(C)(C)C)c1ccsc1. The van der Waals surface area contributed by atoms with Crippen molar-refractivity contribution in [3.8, 4) is 0 Å². The standard InChI is InChI=1S/C13H21NO2S/c1-9(10-5-6-17-8-10)12(16)14-7-11(15)13(2,3)4/h5-6,8-9,11,15H,7H2,1-4H3,(H,14,16). The predicted molar refractivity (Wildman–Crippen MR) is 71.2 cm³/mol. The average molecular weight is 255 g/mol. The van der Waals surface area contributed by atoms with Crippen LogP contribution in [0.1, 0.15) is 39.2 Å². The van der Waals surface area contributed by atoms with E-state index in [-0.39, 0.29) is 17.2 Å². The Labute approximate surface area is 107 Å². The van der Waals surface area contributed by atoms with Crippen LogP contribution in [0.25, 0.3) is 0 Å². The van der Waals surface area contributed by atoms with E-state index in [4.69, 9.17) is 0 Å². The molecule has 0 saturated heterocycles. The maximum absolute atomic E-state index is 11.9. The van der Waals surface area contributed by atoms with Gasteiger partial charge >= 0.3 is 0 Å². The monoisotopic (exact) mass is 255 g/mol. The summed E-state index contributed by atoms with van der Waals surface area (Å²) >= 11 is 1.58. The number of hydrogen-bond acceptors (Lipinski definition) is 3. The van der Waals surface area contributed by atoms with Crippen LogP contribution in [-0.4, -0.2) is 23.7 Å². The number of thiophene rings is 1. The second-order valence-electron chi connectivity index (χ2n) is 5.41. The number of nitrogens with one attached hydrogen (secondary N) is 1. The number of aliphatic hydroxyl groups is 1. The zero-order valence-electron chi connectivity index (χ0n) is 10.9. The van der Waals surface area contributed by atoms with Crippen molar-refractivity contribution in [3.05, 3.63) is 22.4 Å². The molecule has 2 N–H and O–H groups in total. The molecule has 0 radical (unpaired) electrons. The van der Waals surface area contributed by atoms with Crippen molar-refractivity contribution in [1.29, 1.82) is 0 Å². The molecule has 1 rings (SSSR count). The van der Waals surface area contributed by atoms with Gasteiger partial charge in [-0.15, -0.1) is 0 Å². The molecule has 0 bridgehead atoms. The van der Waals surface area contributed by atoms with Crippen molar-refractivity contribution < 1.29 is 9.90 Å². The van der Waals surface area contributed by atoms with Crippen LogP contribution in [-0.2, 0) is 4.79 Å². The number of rotatable bonds is 4. The quantitative estimate of drug-likeness (QED) is 0.868. The van der Waals surface area contributed by atoms with Gasteiger partial charge in [-0.2, -0.15) is 11.3 Å². The van der Waals surface area contributed by atoms with E-state index in [1.807, 2.05) is 44.5 Å². The Morgan fingerprint density at radius 1 is 1.53 bits per heavy atom. The maximum atomic E-state index is 11.9. The number of hydrogen-bond donors (Lipinski definition) is 2. The molecule has 1 aromatic heterocycles. The first-order valence-electron chi connectivity index (χ1n) is 5.80. The van der Waals surface area contributed by atoms with Gasteiger partial charge in [0.2, 0.25) is 5.91 Å². The van der Waals surface area contributed by atoms with Gasteiger partial charge in [0.1, 0.15) is 0 Å². The Bertz CT molecular complexity index is 354. The van der Waals surface area contributed by atoms with E-state index in [2.05, 4.69) is 5.32 Å². The summed E-state index contributed by atoms with van der Waals surface area (Å²) in [7, 11) is 0. The summed E-state index contributed by atoms with van der Waals surface area (Å²) in [6.07, 6.45) is -0.527. The third-order valence-electron chi connectivity index (χ3n) is 2.91. The van der Waals surface area contributed by atoms with Gasteiger partial charge < -0.3 is 10.4 Å². The van der Waals surface area contributed by atoms with Crippen molar-refractivity contribution in [2.45, 2.75) is 39.7 Å². The van der Waals surface area contributed by atoms with Crippen LogP contribution in [0.2, 0.25) is 0 Å². The summed E-state index contributed by atoms with van der Waals surface area (Å²) in [5, 5.41) is 16.6. The van der Waals surface area contributed by atoms with Crippen molar-refractivity contribution >= 4 is 17.2 Å². The van der Waals surface area contributed by atoms with Crippen LogP contribution in [0.5, 0.6) is 0 Å². The number of carbonyl (C=O) groups is 1. The third kappa shape index (κ3) is 4.13. The molecule has 0 aliphatic rings. The number of aliphatic hydroxyl groups excluding tert-OH is 1. The lowest BCUT2D eigenvalue weighted by Gasteiger charge is -2.26. The van der Waals surface area contributed by atoms with Gasteiger partial charge in [0.15, 0.2) is 0 Å². The Morgan fingerprint density at radius 2 is 2.18 bits per heavy atom. The molecule has 0 aromatic carbocycles. The van der Waals surface area contributed by atoms with Gasteiger partial charge in [-0.25, -0.2) is 0 Å². The fraction of sp³-hybridized carbons (Fsp3) is 0.615. The van der Waals surface area contributed by atoms with Crippen molar-refractivity contribution in [1.82, 2.24) is 5.32 Å². The molecule has 0 aliphatic heterocycles. The summed E-state index contributed by atoms with van der Waals surface area (Å²) in [5.74, 6) is -0.194. The van der Waals surface area contributed by atoms with E-state index < -0.39 is 6.10 Å². The molecule has 1 aromatic rings. The summed E-state index contributed by atoms with van der Waals surface area (Å²) in [5.41, 5.74) is 0.816. The van der Waals surface area contributed by atoms with Gasteiger partial charge in [0, 0.05) is 6.54 Å². The minimum atomic E-state index is -0.527. The van der Waals surface area contributed by atoms with Crippen molar-refractivity contribution in [3.63, 3.8) is 0 Å². The molecular weight excluding hydrogens is 234 g/mol. The molecule has 17 heavy (non-hydrogen) atoms. The van der Waals surface area contributed by atoms with E-state index >= 15 is 0 Å². The molecule has 2 atom stereocenters. The topological polar surface area (TPSA) is 49.3 Å². The molecule has 2 unspecified atom stereocenters. The summed E-state index contributed by atoms with van der Waals surface area (Å²) in [4.78, 5) is 11.9. The lowest BCUT2D eigenvalue weighted by molar-refractivity contribution is -0.123. The van der Waals surface area contributed by atoms with E-state index in [9.17, 15) is 9.90 Å². The number of carbonyl (C=O) groups excluding carboxylic acids is 1. The zero-order chi connectivity index (χ0) is 13.1. The van der Waals surface area contributed by atoms with Crippen LogP contribution < -0.4 is 5.32 Å². The first-order valence-corrected chi connectivity index (χ1v) is 6.74. The molecule has 1 heterocycles. The first kappa shape index (κ1) is 14.2. The molecule has 0 spiro atoms. The second-order valence-corrected chi connectivity index (χ2v) is 6.19. The lowest BCUT2D eigenvalue weighted by Crippen LogP contribution is -2.40. The normalized spacial score (nSPS) is 15.4. The minimum absolute atomic E-state index is 0.0355. The maximum Gasteiger partial charge on any atom is 0.227 e. The van der Waals surface area contributed by atoms with Gasteiger partial charge in [0.05, 0.1) is 12.0 Å². The molecular formula is C13H21NO2S. The van der Waals surface area contributed by atoms with E-state index in [1.165, 1.54) is 0 Å². The molecule has 4 heteroatoms. The fourth-order valence-corrected chi connectivity index (χ4v) is 2.08. The smallest absolute Gasteiger partial charge is 0.227 e. The highest BCUT2D eigenvalue weighted by molar-refractivity contribution is 7.08. The predicted octanol–water partition coefficient (Wildman–Crippen LogP) is 2.37.